The van der Waals surface area contributed by atoms with Gasteiger partial charge < -0.3 is 15.0 Å². The van der Waals surface area contributed by atoms with Gasteiger partial charge in [0.2, 0.25) is 16.9 Å². The van der Waals surface area contributed by atoms with Gasteiger partial charge in [-0.25, -0.2) is 0 Å². The Morgan fingerprint density at radius 3 is 2.49 bits per heavy atom. The molecule has 3 aliphatic heterocycles. The zero-order valence-electron chi connectivity index (χ0n) is 20.4. The van der Waals surface area contributed by atoms with E-state index in [4.69, 9.17) is 16.3 Å². The lowest BCUT2D eigenvalue weighted by atomic mass is 9.78. The zero-order valence-corrected chi connectivity index (χ0v) is 21.9. The topological polar surface area (TPSA) is 87.7 Å². The van der Waals surface area contributed by atoms with Crippen molar-refractivity contribution in [3.63, 3.8) is 0 Å². The molecular weight excluding hydrogens is 510 g/mol. The van der Waals surface area contributed by atoms with Gasteiger partial charge in [-0.15, -0.1) is 10.2 Å². The summed E-state index contributed by atoms with van der Waals surface area (Å²) in [5.74, 6) is -0.654. The van der Waals surface area contributed by atoms with Crippen LogP contribution in [0.5, 0.6) is 0 Å². The van der Waals surface area contributed by atoms with Crippen LogP contribution in [0.4, 0.5) is 10.8 Å². The van der Waals surface area contributed by atoms with Crippen LogP contribution < -0.4 is 10.2 Å². The zero-order chi connectivity index (χ0) is 25.4. The molecule has 6 rings (SSSR count). The van der Waals surface area contributed by atoms with Gasteiger partial charge in [0.05, 0.1) is 19.1 Å². The fraction of sp³-hybridized carbons (Fsp3) is 0.407. The highest BCUT2D eigenvalue weighted by Gasteiger charge is 2.48. The summed E-state index contributed by atoms with van der Waals surface area (Å²) in [5, 5.41) is 13.2. The third-order valence-electron chi connectivity index (χ3n) is 7.32. The first-order valence-electron chi connectivity index (χ1n) is 12.5. The van der Waals surface area contributed by atoms with Crippen LogP contribution in [0.2, 0.25) is 5.02 Å². The van der Waals surface area contributed by atoms with E-state index in [1.807, 2.05) is 36.4 Å². The molecule has 3 aliphatic rings. The van der Waals surface area contributed by atoms with Crippen molar-refractivity contribution in [1.82, 2.24) is 15.1 Å². The Bertz CT molecular complexity index is 1280. The van der Waals surface area contributed by atoms with E-state index in [2.05, 4.69) is 32.5 Å². The number of aryl methyl sites for hydroxylation is 2. The predicted octanol–water partition coefficient (Wildman–Crippen LogP) is 3.80. The normalized spacial score (nSPS) is 20.6. The Labute approximate surface area is 224 Å². The lowest BCUT2D eigenvalue weighted by Gasteiger charge is -2.55. The summed E-state index contributed by atoms with van der Waals surface area (Å²) in [4.78, 5) is 29.7. The maximum atomic E-state index is 12.9. The van der Waals surface area contributed by atoms with Crippen molar-refractivity contribution in [2.45, 2.75) is 25.8 Å². The minimum Gasteiger partial charge on any atom is -0.380 e. The maximum absolute atomic E-state index is 12.9. The number of carbonyl (C=O) groups is 2. The van der Waals surface area contributed by atoms with E-state index in [-0.39, 0.29) is 18.2 Å². The fourth-order valence-corrected chi connectivity index (χ4v) is 6.14. The van der Waals surface area contributed by atoms with E-state index < -0.39 is 5.92 Å². The summed E-state index contributed by atoms with van der Waals surface area (Å²) in [5.41, 5.74) is 3.63. The number of amides is 2. The summed E-state index contributed by atoms with van der Waals surface area (Å²) >= 11 is 7.31. The lowest BCUT2D eigenvalue weighted by Crippen LogP contribution is -2.65. The molecule has 0 saturated carbocycles. The molecule has 0 aliphatic carbocycles. The summed E-state index contributed by atoms with van der Waals surface area (Å²) in [6.45, 7) is 5.23. The van der Waals surface area contributed by atoms with Crippen LogP contribution in [0, 0.1) is 11.3 Å². The minimum absolute atomic E-state index is 0.0384. The van der Waals surface area contributed by atoms with Crippen molar-refractivity contribution in [2.75, 3.05) is 43.1 Å². The third kappa shape index (κ3) is 5.40. The number of hydrogen-bond acceptors (Lipinski definition) is 7. The Hall–Kier alpha value is -2.85. The number of aromatic nitrogens is 2. The average molecular weight is 538 g/mol. The number of anilines is 2. The number of nitrogens with zero attached hydrogens (tertiary/aromatic N) is 4. The van der Waals surface area contributed by atoms with Gasteiger partial charge in [-0.1, -0.05) is 47.2 Å². The van der Waals surface area contributed by atoms with E-state index in [1.165, 1.54) is 22.5 Å². The average Bonchev–Trinajstić information content (AvgIpc) is 3.46. The molecule has 3 saturated heterocycles. The first-order chi connectivity index (χ1) is 17.9. The van der Waals surface area contributed by atoms with E-state index in [1.54, 1.807) is 4.90 Å². The number of nitrogens with one attached hydrogen (secondary N) is 1. The molecule has 1 unspecified atom stereocenters. The van der Waals surface area contributed by atoms with Crippen LogP contribution in [-0.4, -0.2) is 59.8 Å². The SMILES string of the molecule is O=C(Nc1nnc(CCc2ccc(Cl)cc2)s1)C1CC(=O)N(c2ccc(CN3CC4(COC4)C3)cc2)C1. The van der Waals surface area contributed by atoms with Crippen molar-refractivity contribution in [2.24, 2.45) is 11.3 Å². The van der Waals surface area contributed by atoms with Crippen molar-refractivity contribution < 1.29 is 14.3 Å². The lowest BCUT2D eigenvalue weighted by molar-refractivity contribution is -0.191. The Morgan fingerprint density at radius 2 is 1.78 bits per heavy atom. The second-order valence-corrected chi connectivity index (χ2v) is 11.8. The molecule has 0 radical (unpaired) electrons. The highest BCUT2D eigenvalue weighted by Crippen LogP contribution is 2.38. The van der Waals surface area contributed by atoms with E-state index in [9.17, 15) is 9.59 Å². The Kier molecular flexibility index (Phi) is 6.71. The van der Waals surface area contributed by atoms with Crippen LogP contribution in [0.1, 0.15) is 22.6 Å². The number of carbonyl (C=O) groups excluding carboxylic acids is 2. The summed E-state index contributed by atoms with van der Waals surface area (Å²) in [6, 6.07) is 15.8. The molecule has 3 fully saturated rings. The monoisotopic (exact) mass is 537 g/mol. The maximum Gasteiger partial charge on any atom is 0.231 e. The molecular formula is C27H28ClN5O3S. The molecule has 1 spiro atoms. The first-order valence-corrected chi connectivity index (χ1v) is 13.7. The number of likely N-dealkylation sites (tertiary alicyclic amines) is 1. The van der Waals surface area contributed by atoms with Crippen molar-refractivity contribution in [3.05, 3.63) is 69.7 Å². The molecule has 8 nitrogen and oxygen atoms in total. The molecule has 0 bridgehead atoms. The van der Waals surface area contributed by atoms with E-state index in [0.29, 0.717) is 22.1 Å². The van der Waals surface area contributed by atoms with Gasteiger partial charge in [-0.05, 0) is 41.8 Å². The minimum atomic E-state index is -0.421. The van der Waals surface area contributed by atoms with Crippen LogP contribution in [0.15, 0.2) is 48.5 Å². The van der Waals surface area contributed by atoms with Gasteiger partial charge in [-0.2, -0.15) is 0 Å². The van der Waals surface area contributed by atoms with Gasteiger partial charge in [0.25, 0.3) is 0 Å². The molecule has 3 aromatic rings. The van der Waals surface area contributed by atoms with Crippen molar-refractivity contribution >= 4 is 45.6 Å². The molecule has 1 atom stereocenters. The largest absolute Gasteiger partial charge is 0.380 e. The van der Waals surface area contributed by atoms with Crippen LogP contribution in [0.25, 0.3) is 0 Å². The molecule has 1 aromatic heterocycles. The van der Waals surface area contributed by atoms with Gasteiger partial charge in [-0.3, -0.25) is 14.5 Å². The third-order valence-corrected chi connectivity index (χ3v) is 8.47. The van der Waals surface area contributed by atoms with Crippen molar-refractivity contribution in [3.8, 4) is 0 Å². The number of benzene rings is 2. The number of rotatable bonds is 8. The molecule has 192 valence electrons. The molecule has 10 heteroatoms. The van der Waals surface area contributed by atoms with Gasteiger partial charge >= 0.3 is 0 Å². The first kappa shape index (κ1) is 24.5. The predicted molar refractivity (Wildman–Crippen MR) is 143 cm³/mol. The molecule has 2 aromatic carbocycles. The molecule has 37 heavy (non-hydrogen) atoms. The quantitative estimate of drug-likeness (QED) is 0.470. The molecule has 2 amide bonds. The van der Waals surface area contributed by atoms with Gasteiger partial charge in [0, 0.05) is 55.1 Å². The van der Waals surface area contributed by atoms with E-state index >= 15 is 0 Å². The highest BCUT2D eigenvalue weighted by molar-refractivity contribution is 7.15. The molecule has 4 heterocycles. The van der Waals surface area contributed by atoms with Gasteiger partial charge in [0.15, 0.2) is 0 Å². The van der Waals surface area contributed by atoms with Crippen LogP contribution in [-0.2, 0) is 33.7 Å². The standard InChI is InChI=1S/C27H28ClN5O3S/c28-21-6-1-18(2-7-21)5-10-23-30-31-26(37-23)29-25(35)20-11-24(34)33(13-20)22-8-3-19(4-9-22)12-32-14-27(15-32)16-36-17-27/h1-4,6-9,20H,5,10-17H2,(H,29,31,35). The second-order valence-electron chi connectivity index (χ2n) is 10.3. The summed E-state index contributed by atoms with van der Waals surface area (Å²) in [7, 11) is 0. The highest BCUT2D eigenvalue weighted by atomic mass is 35.5. The fourth-order valence-electron chi connectivity index (χ4n) is 5.27. The second kappa shape index (κ2) is 10.1. The van der Waals surface area contributed by atoms with Crippen molar-refractivity contribution in [1.29, 1.82) is 0 Å². The summed E-state index contributed by atoms with van der Waals surface area (Å²) in [6.07, 6.45) is 1.74. The van der Waals surface area contributed by atoms with E-state index in [0.717, 1.165) is 56.4 Å². The van der Waals surface area contributed by atoms with Crippen LogP contribution in [0.3, 0.4) is 0 Å². The molecule has 1 N–H and O–H groups in total. The Morgan fingerprint density at radius 1 is 1.05 bits per heavy atom. The van der Waals surface area contributed by atoms with Gasteiger partial charge in [0.1, 0.15) is 5.01 Å². The number of hydrogen-bond donors (Lipinski definition) is 1. The number of halogens is 1. The van der Waals surface area contributed by atoms with Crippen LogP contribution >= 0.6 is 22.9 Å². The Balaban J connectivity index is 0.992. The number of ether oxygens (including phenoxy) is 1. The summed E-state index contributed by atoms with van der Waals surface area (Å²) < 4.78 is 5.35. The smallest absolute Gasteiger partial charge is 0.231 e.